The van der Waals surface area contributed by atoms with Crippen LogP contribution in [0.15, 0.2) is 36.4 Å². The number of carbonyl (C=O) groups is 1. The molecule has 6 heteroatoms. The average molecular weight is 406 g/mol. The van der Waals surface area contributed by atoms with E-state index in [0.29, 0.717) is 31.8 Å². The van der Waals surface area contributed by atoms with Gasteiger partial charge in [0.05, 0.1) is 13.2 Å². The lowest BCUT2D eigenvalue weighted by atomic mass is 9.97. The van der Waals surface area contributed by atoms with Crippen LogP contribution >= 0.6 is 0 Å². The van der Waals surface area contributed by atoms with Gasteiger partial charge < -0.3 is 24.1 Å². The van der Waals surface area contributed by atoms with E-state index in [1.54, 1.807) is 7.11 Å². The van der Waals surface area contributed by atoms with Gasteiger partial charge in [0.1, 0.15) is 19.0 Å². The number of methoxy groups -OCH3 is 1. The van der Waals surface area contributed by atoms with Gasteiger partial charge in [0, 0.05) is 35.6 Å². The summed E-state index contributed by atoms with van der Waals surface area (Å²) in [5, 5.41) is 1.27. The number of aromatic nitrogens is 1. The summed E-state index contributed by atoms with van der Waals surface area (Å²) >= 11 is 0. The van der Waals surface area contributed by atoms with Gasteiger partial charge in [0.25, 0.3) is 0 Å². The Morgan fingerprint density at radius 3 is 2.77 bits per heavy atom. The van der Waals surface area contributed by atoms with Crippen LogP contribution in [-0.4, -0.2) is 42.7 Å². The van der Waals surface area contributed by atoms with E-state index in [0.717, 1.165) is 41.2 Å². The molecule has 0 radical (unpaired) electrons. The number of fused-ring (bicyclic) bond motifs is 4. The summed E-state index contributed by atoms with van der Waals surface area (Å²) in [6.07, 6.45) is 1.90. The number of nitrogens with zero attached hydrogens (tertiary/aromatic N) is 1. The van der Waals surface area contributed by atoms with E-state index in [-0.39, 0.29) is 11.9 Å². The van der Waals surface area contributed by atoms with Crippen molar-refractivity contribution in [3.05, 3.63) is 53.2 Å². The first-order chi connectivity index (χ1) is 14.7. The SMILES string of the molecule is COc1cc2c(cc1CCC(=O)N1CCc3c([nH]c4ccccc34)C1C)OCCO2. The molecule has 1 atom stereocenters. The summed E-state index contributed by atoms with van der Waals surface area (Å²) in [4.78, 5) is 18.6. The van der Waals surface area contributed by atoms with Crippen LogP contribution in [0.5, 0.6) is 17.2 Å². The molecule has 0 saturated carbocycles. The zero-order chi connectivity index (χ0) is 20.7. The highest BCUT2D eigenvalue weighted by Gasteiger charge is 2.30. The van der Waals surface area contributed by atoms with E-state index in [4.69, 9.17) is 14.2 Å². The number of aryl methyl sites for hydroxylation is 1. The number of carbonyl (C=O) groups excluding carboxylic acids is 1. The van der Waals surface area contributed by atoms with Crippen molar-refractivity contribution in [2.24, 2.45) is 0 Å². The molecule has 2 aliphatic heterocycles. The molecule has 0 spiro atoms. The molecule has 0 bridgehead atoms. The predicted molar refractivity (Wildman–Crippen MR) is 114 cm³/mol. The minimum Gasteiger partial charge on any atom is -0.496 e. The minimum absolute atomic E-state index is 0.0378. The third-order valence-corrected chi connectivity index (χ3v) is 6.21. The molecular weight excluding hydrogens is 380 g/mol. The Morgan fingerprint density at radius 2 is 1.97 bits per heavy atom. The number of rotatable bonds is 4. The fraction of sp³-hybridized carbons (Fsp3) is 0.375. The van der Waals surface area contributed by atoms with Gasteiger partial charge in [-0.1, -0.05) is 18.2 Å². The second-order valence-corrected chi connectivity index (χ2v) is 7.88. The summed E-state index contributed by atoms with van der Waals surface area (Å²) in [6, 6.07) is 12.2. The van der Waals surface area contributed by atoms with Gasteiger partial charge in [-0.05, 0) is 43.0 Å². The van der Waals surface area contributed by atoms with Crippen LogP contribution in [0.3, 0.4) is 0 Å². The third kappa shape index (κ3) is 3.16. The predicted octanol–water partition coefficient (Wildman–Crippen LogP) is 4.03. The fourth-order valence-electron chi connectivity index (χ4n) is 4.65. The topological polar surface area (TPSA) is 63.8 Å². The maximum absolute atomic E-state index is 13.1. The first-order valence-corrected chi connectivity index (χ1v) is 10.5. The monoisotopic (exact) mass is 406 g/mol. The molecule has 1 amide bonds. The Morgan fingerprint density at radius 1 is 1.20 bits per heavy atom. The Balaban J connectivity index is 1.33. The standard InChI is InChI=1S/C24H26N2O4/c1-15-24-18(17-5-3-4-6-19(17)25-24)9-10-26(15)23(27)8-7-16-13-21-22(14-20(16)28-2)30-12-11-29-21/h3-6,13-15,25H,7-12H2,1-2H3. The molecule has 0 aliphatic carbocycles. The van der Waals surface area contributed by atoms with Crippen molar-refractivity contribution in [3.63, 3.8) is 0 Å². The number of aromatic amines is 1. The molecular formula is C24H26N2O4. The Labute approximate surface area is 175 Å². The van der Waals surface area contributed by atoms with Crippen LogP contribution in [-0.2, 0) is 17.6 Å². The zero-order valence-electron chi connectivity index (χ0n) is 17.4. The summed E-state index contributed by atoms with van der Waals surface area (Å²) < 4.78 is 16.8. The van der Waals surface area contributed by atoms with Gasteiger partial charge in [0.15, 0.2) is 11.5 Å². The normalized spacial score (nSPS) is 17.7. The lowest BCUT2D eigenvalue weighted by Gasteiger charge is -2.34. The van der Waals surface area contributed by atoms with Crippen molar-refractivity contribution in [2.75, 3.05) is 26.9 Å². The smallest absolute Gasteiger partial charge is 0.223 e. The molecule has 1 aromatic heterocycles. The second kappa shape index (κ2) is 7.59. The highest BCUT2D eigenvalue weighted by atomic mass is 16.6. The van der Waals surface area contributed by atoms with Crippen LogP contribution < -0.4 is 14.2 Å². The quantitative estimate of drug-likeness (QED) is 0.711. The van der Waals surface area contributed by atoms with Crippen LogP contribution in [0, 0.1) is 0 Å². The zero-order valence-corrected chi connectivity index (χ0v) is 17.4. The van der Waals surface area contributed by atoms with Crippen molar-refractivity contribution >= 4 is 16.8 Å². The van der Waals surface area contributed by atoms with Gasteiger partial charge in [0.2, 0.25) is 5.91 Å². The summed E-state index contributed by atoms with van der Waals surface area (Å²) in [6.45, 7) is 3.93. The molecule has 6 nitrogen and oxygen atoms in total. The number of nitrogens with one attached hydrogen (secondary N) is 1. The van der Waals surface area contributed by atoms with Crippen LogP contribution in [0.4, 0.5) is 0 Å². The van der Waals surface area contributed by atoms with E-state index in [1.807, 2.05) is 23.1 Å². The largest absolute Gasteiger partial charge is 0.496 e. The molecule has 2 aliphatic rings. The van der Waals surface area contributed by atoms with Crippen molar-refractivity contribution < 1.29 is 19.0 Å². The number of hydrogen-bond acceptors (Lipinski definition) is 4. The van der Waals surface area contributed by atoms with Crippen molar-refractivity contribution in [2.45, 2.75) is 32.2 Å². The first-order valence-electron chi connectivity index (χ1n) is 10.5. The second-order valence-electron chi connectivity index (χ2n) is 7.88. The van der Waals surface area contributed by atoms with Crippen LogP contribution in [0.1, 0.15) is 36.2 Å². The average Bonchev–Trinajstić information content (AvgIpc) is 3.17. The molecule has 156 valence electrons. The molecule has 2 aromatic carbocycles. The fourth-order valence-corrected chi connectivity index (χ4v) is 4.65. The maximum Gasteiger partial charge on any atom is 0.223 e. The van der Waals surface area contributed by atoms with Gasteiger partial charge in [-0.3, -0.25) is 4.79 Å². The Bertz CT molecular complexity index is 1100. The van der Waals surface area contributed by atoms with Crippen molar-refractivity contribution in [3.8, 4) is 17.2 Å². The lowest BCUT2D eigenvalue weighted by Crippen LogP contribution is -2.38. The van der Waals surface area contributed by atoms with Crippen LogP contribution in [0.2, 0.25) is 0 Å². The van der Waals surface area contributed by atoms with Crippen molar-refractivity contribution in [1.82, 2.24) is 9.88 Å². The van der Waals surface area contributed by atoms with Gasteiger partial charge in [-0.25, -0.2) is 0 Å². The molecule has 3 heterocycles. The van der Waals surface area contributed by atoms with E-state index in [2.05, 4.69) is 30.1 Å². The van der Waals surface area contributed by atoms with E-state index in [1.165, 1.54) is 10.9 Å². The summed E-state index contributed by atoms with van der Waals surface area (Å²) in [7, 11) is 1.64. The third-order valence-electron chi connectivity index (χ3n) is 6.21. The maximum atomic E-state index is 13.1. The van der Waals surface area contributed by atoms with Gasteiger partial charge in [-0.15, -0.1) is 0 Å². The molecule has 0 saturated heterocycles. The summed E-state index contributed by atoms with van der Waals surface area (Å²) in [5.74, 6) is 2.31. The molecule has 1 unspecified atom stereocenters. The van der Waals surface area contributed by atoms with E-state index in [9.17, 15) is 4.79 Å². The minimum atomic E-state index is 0.0378. The van der Waals surface area contributed by atoms with Gasteiger partial charge >= 0.3 is 0 Å². The highest BCUT2D eigenvalue weighted by molar-refractivity contribution is 5.86. The Hall–Kier alpha value is -3.15. The van der Waals surface area contributed by atoms with Crippen LogP contribution in [0.25, 0.3) is 10.9 Å². The number of H-pyrrole nitrogens is 1. The molecule has 5 rings (SSSR count). The number of ether oxygens (including phenoxy) is 3. The molecule has 30 heavy (non-hydrogen) atoms. The van der Waals surface area contributed by atoms with E-state index < -0.39 is 0 Å². The number of para-hydroxylation sites is 1. The Kier molecular flexibility index (Phi) is 4.77. The summed E-state index contributed by atoms with van der Waals surface area (Å²) in [5.41, 5.74) is 4.61. The molecule has 1 N–H and O–H groups in total. The highest BCUT2D eigenvalue weighted by Crippen LogP contribution is 2.38. The molecule has 3 aromatic rings. The van der Waals surface area contributed by atoms with E-state index >= 15 is 0 Å². The number of amides is 1. The lowest BCUT2D eigenvalue weighted by molar-refractivity contribution is -0.133. The van der Waals surface area contributed by atoms with Gasteiger partial charge in [-0.2, -0.15) is 0 Å². The first kappa shape index (κ1) is 18.9. The molecule has 0 fully saturated rings. The van der Waals surface area contributed by atoms with Crippen molar-refractivity contribution in [1.29, 1.82) is 0 Å². The number of benzene rings is 2. The number of hydrogen-bond donors (Lipinski definition) is 1.